The molecule has 5 nitrogen and oxygen atoms in total. The van der Waals surface area contributed by atoms with Crippen LogP contribution in [-0.2, 0) is 0 Å². The van der Waals surface area contributed by atoms with E-state index in [1.807, 2.05) is 28.7 Å². The summed E-state index contributed by atoms with van der Waals surface area (Å²) in [4.78, 5) is 23.7. The van der Waals surface area contributed by atoms with E-state index < -0.39 is 28.9 Å². The van der Waals surface area contributed by atoms with Crippen molar-refractivity contribution in [2.24, 2.45) is 0 Å². The molecule has 0 aliphatic rings. The van der Waals surface area contributed by atoms with Gasteiger partial charge in [-0.2, -0.15) is 0 Å². The zero-order valence-electron chi connectivity index (χ0n) is 14.5. The lowest BCUT2D eigenvalue weighted by Crippen LogP contribution is -2.17. The van der Waals surface area contributed by atoms with Crippen molar-refractivity contribution >= 4 is 34.5 Å². The summed E-state index contributed by atoms with van der Waals surface area (Å²) in [6.45, 7) is 4.12. The molecule has 0 saturated heterocycles. The van der Waals surface area contributed by atoms with E-state index in [2.05, 4.69) is 13.8 Å². The molecule has 1 N–H and O–H groups in total. The van der Waals surface area contributed by atoms with Gasteiger partial charge in [0.15, 0.2) is 11.5 Å². The average molecular weight is 472 g/mol. The molecular weight excluding hydrogens is 454 g/mol. The fraction of sp³-hybridized carbons (Fsp3) is 0.263. The van der Waals surface area contributed by atoms with Gasteiger partial charge in [0.2, 0.25) is 0 Å². The van der Waals surface area contributed by atoms with Crippen LogP contribution in [0.25, 0.3) is 0 Å². The average Bonchev–Trinajstić information content (AvgIpc) is 2.61. The molecule has 0 aliphatic heterocycles. The van der Waals surface area contributed by atoms with Gasteiger partial charge in [-0.15, -0.1) is 0 Å². The highest BCUT2D eigenvalue weighted by Gasteiger charge is 2.25. The van der Waals surface area contributed by atoms with Gasteiger partial charge in [-0.1, -0.05) is 19.9 Å². The highest BCUT2D eigenvalue weighted by molar-refractivity contribution is 14.1. The standard InChI is InChI=1S/C19H18FIO5/c1-4-10(2)11-8-14(21)17(15(9-11)25-3)26-19(24)16-12(18(22)23)6-5-7-13(16)20/h5-10H,4H2,1-3H3,(H,22,23). The van der Waals surface area contributed by atoms with Gasteiger partial charge < -0.3 is 14.6 Å². The number of carbonyl (C=O) groups excluding carboxylic acids is 1. The van der Waals surface area contributed by atoms with E-state index in [-0.39, 0.29) is 11.7 Å². The topological polar surface area (TPSA) is 72.8 Å². The largest absolute Gasteiger partial charge is 0.493 e. The minimum Gasteiger partial charge on any atom is -0.493 e. The number of aromatic carboxylic acids is 1. The highest BCUT2D eigenvalue weighted by atomic mass is 127. The first-order valence-corrected chi connectivity index (χ1v) is 8.99. The first-order valence-electron chi connectivity index (χ1n) is 7.91. The molecule has 2 aromatic carbocycles. The fourth-order valence-electron chi connectivity index (χ4n) is 2.41. The molecule has 0 heterocycles. The van der Waals surface area contributed by atoms with Crippen LogP contribution >= 0.6 is 22.6 Å². The number of ether oxygens (including phenoxy) is 2. The fourth-order valence-corrected chi connectivity index (χ4v) is 3.15. The Bertz CT molecular complexity index is 850. The Balaban J connectivity index is 2.46. The van der Waals surface area contributed by atoms with Crippen molar-refractivity contribution in [2.75, 3.05) is 7.11 Å². The zero-order valence-corrected chi connectivity index (χ0v) is 16.7. The molecule has 1 atom stereocenters. The maximum Gasteiger partial charge on any atom is 0.347 e. The number of hydrogen-bond donors (Lipinski definition) is 1. The zero-order chi connectivity index (χ0) is 19.4. The van der Waals surface area contributed by atoms with Gasteiger partial charge in [-0.25, -0.2) is 14.0 Å². The van der Waals surface area contributed by atoms with Crippen LogP contribution in [-0.4, -0.2) is 24.2 Å². The summed E-state index contributed by atoms with van der Waals surface area (Å²) in [6, 6.07) is 7.01. The molecule has 0 aromatic heterocycles. The lowest BCUT2D eigenvalue weighted by Gasteiger charge is -2.16. The number of esters is 1. The summed E-state index contributed by atoms with van der Waals surface area (Å²) in [5.41, 5.74) is -0.0604. The Labute approximate surface area is 164 Å². The number of hydrogen-bond acceptors (Lipinski definition) is 4. The van der Waals surface area contributed by atoms with E-state index in [9.17, 15) is 19.1 Å². The van der Waals surface area contributed by atoms with Crippen molar-refractivity contribution in [1.82, 2.24) is 0 Å². The van der Waals surface area contributed by atoms with Crippen molar-refractivity contribution < 1.29 is 28.6 Å². The van der Waals surface area contributed by atoms with Crippen molar-refractivity contribution in [1.29, 1.82) is 0 Å². The number of carboxylic acid groups (broad SMARTS) is 1. The molecule has 0 saturated carbocycles. The van der Waals surface area contributed by atoms with E-state index in [4.69, 9.17) is 9.47 Å². The third kappa shape index (κ3) is 4.14. The van der Waals surface area contributed by atoms with Crippen LogP contribution in [0.1, 0.15) is 52.5 Å². The third-order valence-electron chi connectivity index (χ3n) is 4.08. The van der Waals surface area contributed by atoms with Crippen LogP contribution in [0.5, 0.6) is 11.5 Å². The monoisotopic (exact) mass is 472 g/mol. The predicted octanol–water partition coefficient (Wildman–Crippen LogP) is 4.87. The van der Waals surface area contributed by atoms with E-state index in [1.54, 1.807) is 6.07 Å². The normalized spacial score (nSPS) is 11.7. The van der Waals surface area contributed by atoms with Crippen LogP contribution in [0.2, 0.25) is 0 Å². The molecule has 2 rings (SSSR count). The summed E-state index contributed by atoms with van der Waals surface area (Å²) in [6.07, 6.45) is 0.926. The van der Waals surface area contributed by atoms with Gasteiger partial charge in [0.05, 0.1) is 16.2 Å². The molecule has 26 heavy (non-hydrogen) atoms. The molecule has 0 spiro atoms. The van der Waals surface area contributed by atoms with Crippen LogP contribution in [0.4, 0.5) is 4.39 Å². The summed E-state index contributed by atoms with van der Waals surface area (Å²) < 4.78 is 25.3. The quantitative estimate of drug-likeness (QED) is 0.369. The van der Waals surface area contributed by atoms with Gasteiger partial charge in [-0.05, 0) is 64.8 Å². The lowest BCUT2D eigenvalue weighted by molar-refractivity contribution is 0.0662. The van der Waals surface area contributed by atoms with Gasteiger partial charge in [0.25, 0.3) is 0 Å². The molecule has 7 heteroatoms. The van der Waals surface area contributed by atoms with Crippen molar-refractivity contribution in [3.63, 3.8) is 0 Å². The molecule has 0 bridgehead atoms. The molecule has 1 unspecified atom stereocenters. The van der Waals surface area contributed by atoms with Crippen molar-refractivity contribution in [2.45, 2.75) is 26.2 Å². The van der Waals surface area contributed by atoms with Crippen LogP contribution in [0.15, 0.2) is 30.3 Å². The Morgan fingerprint density at radius 2 is 2.00 bits per heavy atom. The molecule has 2 aromatic rings. The minimum atomic E-state index is -1.41. The molecule has 0 fully saturated rings. The maximum absolute atomic E-state index is 14.1. The Hall–Kier alpha value is -2.16. The van der Waals surface area contributed by atoms with Crippen molar-refractivity contribution in [3.05, 3.63) is 56.4 Å². The van der Waals surface area contributed by atoms with E-state index in [0.29, 0.717) is 9.32 Å². The molecule has 0 radical (unpaired) electrons. The summed E-state index contributed by atoms with van der Waals surface area (Å²) in [5.74, 6) is -2.72. The Morgan fingerprint density at radius 3 is 2.58 bits per heavy atom. The number of halogens is 2. The summed E-state index contributed by atoms with van der Waals surface area (Å²) in [5, 5.41) is 9.18. The van der Waals surface area contributed by atoms with Crippen molar-refractivity contribution in [3.8, 4) is 11.5 Å². The number of rotatable bonds is 6. The second-order valence-electron chi connectivity index (χ2n) is 5.70. The molecule has 0 amide bonds. The predicted molar refractivity (Wildman–Crippen MR) is 103 cm³/mol. The number of methoxy groups -OCH3 is 1. The van der Waals surface area contributed by atoms with Gasteiger partial charge in [0.1, 0.15) is 11.4 Å². The molecule has 0 aliphatic carbocycles. The van der Waals surface area contributed by atoms with Gasteiger partial charge in [-0.3, -0.25) is 0 Å². The number of carboxylic acids is 1. The summed E-state index contributed by atoms with van der Waals surface area (Å²) in [7, 11) is 1.44. The van der Waals surface area contributed by atoms with E-state index >= 15 is 0 Å². The van der Waals surface area contributed by atoms with Gasteiger partial charge >= 0.3 is 11.9 Å². The highest BCUT2D eigenvalue weighted by Crippen LogP contribution is 2.37. The van der Waals surface area contributed by atoms with Gasteiger partial charge in [0, 0.05) is 0 Å². The summed E-state index contributed by atoms with van der Waals surface area (Å²) >= 11 is 2.00. The molecule has 138 valence electrons. The lowest BCUT2D eigenvalue weighted by atomic mass is 9.98. The van der Waals surface area contributed by atoms with E-state index in [0.717, 1.165) is 24.1 Å². The first-order chi connectivity index (χ1) is 12.3. The van der Waals surface area contributed by atoms with Crippen LogP contribution in [0, 0.1) is 9.39 Å². The second kappa shape index (κ2) is 8.48. The Kier molecular flexibility index (Phi) is 6.57. The second-order valence-corrected chi connectivity index (χ2v) is 6.86. The van der Waals surface area contributed by atoms with Crippen LogP contribution < -0.4 is 9.47 Å². The number of benzene rings is 2. The third-order valence-corrected chi connectivity index (χ3v) is 4.88. The molecular formula is C19H18FIO5. The minimum absolute atomic E-state index is 0.129. The SMILES string of the molecule is CCC(C)c1cc(I)c(OC(=O)c2c(F)cccc2C(=O)O)c(OC)c1. The first kappa shape index (κ1) is 20.2. The van der Waals surface area contributed by atoms with E-state index in [1.165, 1.54) is 13.2 Å². The smallest absolute Gasteiger partial charge is 0.347 e. The Morgan fingerprint density at radius 1 is 1.31 bits per heavy atom. The maximum atomic E-state index is 14.1. The van der Waals surface area contributed by atoms with Crippen LogP contribution in [0.3, 0.4) is 0 Å². The number of carbonyl (C=O) groups is 2.